The minimum Gasteiger partial charge on any atom is -0.351 e. The Balaban J connectivity index is 1.90. The van der Waals surface area contributed by atoms with E-state index in [0.29, 0.717) is 13.0 Å². The number of thiophene rings is 1. The van der Waals surface area contributed by atoms with Gasteiger partial charge in [-0.25, -0.2) is 4.98 Å². The van der Waals surface area contributed by atoms with Crippen LogP contribution in [0, 0.1) is 0 Å². The molecule has 27 heavy (non-hydrogen) atoms. The van der Waals surface area contributed by atoms with E-state index >= 15 is 0 Å². The lowest BCUT2D eigenvalue weighted by atomic mass is 9.93. The molecule has 1 N–H and O–H groups in total. The number of carbonyl (C=O) groups is 2. The van der Waals surface area contributed by atoms with Gasteiger partial charge in [0.25, 0.3) is 5.91 Å². The summed E-state index contributed by atoms with van der Waals surface area (Å²) in [4.78, 5) is 37.3. The third-order valence-corrected chi connectivity index (χ3v) is 6.25. The van der Waals surface area contributed by atoms with Crippen molar-refractivity contribution in [1.82, 2.24) is 20.2 Å². The number of carbonyl (C=O) groups excluding carboxylic acids is 2. The summed E-state index contributed by atoms with van der Waals surface area (Å²) in [5.74, 6) is -0.367. The van der Waals surface area contributed by atoms with Crippen molar-refractivity contribution in [2.45, 2.75) is 64.1 Å². The molecule has 2 aromatic rings. The molecule has 2 heterocycles. The van der Waals surface area contributed by atoms with Crippen molar-refractivity contribution < 1.29 is 9.59 Å². The van der Waals surface area contributed by atoms with Crippen LogP contribution in [-0.4, -0.2) is 38.3 Å². The molecule has 6 nitrogen and oxygen atoms in total. The lowest BCUT2D eigenvalue weighted by molar-refractivity contribution is -0.132. The first kappa shape index (κ1) is 19.5. The molecule has 1 aliphatic rings. The molecule has 2 amide bonds. The van der Waals surface area contributed by atoms with Gasteiger partial charge >= 0.3 is 0 Å². The first-order chi connectivity index (χ1) is 13.0. The Bertz CT molecular complexity index is 760. The maximum absolute atomic E-state index is 13.3. The Hall–Kier alpha value is -2.28. The van der Waals surface area contributed by atoms with Crippen LogP contribution in [0.15, 0.2) is 36.1 Å². The number of amides is 2. The van der Waals surface area contributed by atoms with Crippen LogP contribution in [0.2, 0.25) is 0 Å². The van der Waals surface area contributed by atoms with E-state index in [9.17, 15) is 9.59 Å². The summed E-state index contributed by atoms with van der Waals surface area (Å²) in [7, 11) is 0. The van der Waals surface area contributed by atoms with E-state index in [0.717, 1.165) is 30.6 Å². The van der Waals surface area contributed by atoms with Gasteiger partial charge in [0.05, 0.1) is 12.7 Å². The van der Waals surface area contributed by atoms with Crippen LogP contribution >= 0.6 is 11.3 Å². The van der Waals surface area contributed by atoms with E-state index in [4.69, 9.17) is 0 Å². The van der Waals surface area contributed by atoms with Gasteiger partial charge in [-0.3, -0.25) is 14.6 Å². The van der Waals surface area contributed by atoms with Gasteiger partial charge in [0.2, 0.25) is 5.91 Å². The van der Waals surface area contributed by atoms with Crippen LogP contribution in [0.3, 0.4) is 0 Å². The van der Waals surface area contributed by atoms with Gasteiger partial charge in [-0.1, -0.05) is 25.8 Å². The highest BCUT2D eigenvalue weighted by Crippen LogP contribution is 2.27. The van der Waals surface area contributed by atoms with Crippen LogP contribution in [0.4, 0.5) is 0 Å². The molecule has 0 unspecified atom stereocenters. The Morgan fingerprint density at radius 1 is 1.33 bits per heavy atom. The zero-order valence-electron chi connectivity index (χ0n) is 15.9. The Morgan fingerprint density at radius 3 is 2.70 bits per heavy atom. The standard InChI is InChI=1S/C20H26N4O2S/c1-3-20(2,19(26)23-15-7-4-5-8-15)24(14-16-9-6-12-27-16)18(25)17-13-21-10-11-22-17/h6,9-13,15H,3-5,7-8,14H2,1-2H3,(H,23,26)/t20-/m1/s1. The maximum atomic E-state index is 13.3. The molecule has 0 saturated heterocycles. The first-order valence-electron chi connectivity index (χ1n) is 9.46. The van der Waals surface area contributed by atoms with E-state index < -0.39 is 5.54 Å². The van der Waals surface area contributed by atoms with Crippen molar-refractivity contribution in [3.05, 3.63) is 46.7 Å². The molecule has 7 heteroatoms. The average Bonchev–Trinajstić information content (AvgIpc) is 3.39. The molecule has 0 aromatic carbocycles. The highest BCUT2D eigenvalue weighted by molar-refractivity contribution is 7.09. The van der Waals surface area contributed by atoms with Gasteiger partial charge in [0.1, 0.15) is 11.2 Å². The topological polar surface area (TPSA) is 75.2 Å². The maximum Gasteiger partial charge on any atom is 0.275 e. The third-order valence-electron chi connectivity index (χ3n) is 5.39. The number of rotatable bonds is 7. The molecule has 0 bridgehead atoms. The second-order valence-corrected chi connectivity index (χ2v) is 8.18. The smallest absolute Gasteiger partial charge is 0.275 e. The average molecular weight is 387 g/mol. The van der Waals surface area contributed by atoms with Crippen LogP contribution in [-0.2, 0) is 11.3 Å². The molecule has 0 radical (unpaired) electrons. The van der Waals surface area contributed by atoms with Gasteiger partial charge in [-0.05, 0) is 37.6 Å². The highest BCUT2D eigenvalue weighted by Gasteiger charge is 2.42. The Labute approximate surface area is 164 Å². The van der Waals surface area contributed by atoms with E-state index in [-0.39, 0.29) is 23.6 Å². The quantitative estimate of drug-likeness (QED) is 0.791. The Kier molecular flexibility index (Phi) is 6.21. The molecule has 1 fully saturated rings. The van der Waals surface area contributed by atoms with Crippen molar-refractivity contribution in [2.24, 2.45) is 0 Å². The van der Waals surface area contributed by atoms with Crippen LogP contribution in [0.5, 0.6) is 0 Å². The van der Waals surface area contributed by atoms with Crippen molar-refractivity contribution in [1.29, 1.82) is 0 Å². The molecular formula is C20H26N4O2S. The van der Waals surface area contributed by atoms with Crippen LogP contribution < -0.4 is 5.32 Å². The fourth-order valence-electron chi connectivity index (χ4n) is 3.46. The molecule has 0 spiro atoms. The third kappa shape index (κ3) is 4.35. The van der Waals surface area contributed by atoms with Gasteiger partial charge < -0.3 is 10.2 Å². The van der Waals surface area contributed by atoms with Crippen LogP contribution in [0.25, 0.3) is 0 Å². The summed E-state index contributed by atoms with van der Waals surface area (Å²) >= 11 is 1.57. The monoisotopic (exact) mass is 386 g/mol. The van der Waals surface area contributed by atoms with Crippen LogP contribution in [0.1, 0.15) is 61.3 Å². The fraction of sp³-hybridized carbons (Fsp3) is 0.500. The lowest BCUT2D eigenvalue weighted by Gasteiger charge is -2.39. The molecule has 0 aliphatic heterocycles. The predicted octanol–water partition coefficient (Wildman–Crippen LogP) is 3.41. The van der Waals surface area contributed by atoms with Gasteiger partial charge in [-0.15, -0.1) is 11.3 Å². The van der Waals surface area contributed by atoms with Gasteiger partial charge in [0, 0.05) is 23.3 Å². The molecule has 3 rings (SSSR count). The van der Waals surface area contributed by atoms with Gasteiger partial charge in [0.15, 0.2) is 0 Å². The predicted molar refractivity (Wildman–Crippen MR) is 105 cm³/mol. The van der Waals surface area contributed by atoms with Crippen molar-refractivity contribution in [2.75, 3.05) is 0 Å². The van der Waals surface area contributed by atoms with Crippen molar-refractivity contribution in [3.8, 4) is 0 Å². The fourth-order valence-corrected chi connectivity index (χ4v) is 4.15. The summed E-state index contributed by atoms with van der Waals surface area (Å²) < 4.78 is 0. The summed E-state index contributed by atoms with van der Waals surface area (Å²) in [6, 6.07) is 4.14. The minimum absolute atomic E-state index is 0.0919. The van der Waals surface area contributed by atoms with Crippen molar-refractivity contribution >= 4 is 23.2 Å². The number of hydrogen-bond acceptors (Lipinski definition) is 5. The molecular weight excluding hydrogens is 360 g/mol. The number of nitrogens with zero attached hydrogens (tertiary/aromatic N) is 3. The molecule has 1 saturated carbocycles. The Morgan fingerprint density at radius 2 is 2.11 bits per heavy atom. The molecule has 144 valence electrons. The SMILES string of the molecule is CC[C@](C)(C(=O)NC1CCCC1)N(Cc1cccs1)C(=O)c1cnccn1. The number of nitrogens with one attached hydrogen (secondary N) is 1. The summed E-state index contributed by atoms with van der Waals surface area (Å²) in [5.41, 5.74) is -0.705. The molecule has 1 aliphatic carbocycles. The highest BCUT2D eigenvalue weighted by atomic mass is 32.1. The van der Waals surface area contributed by atoms with E-state index in [1.807, 2.05) is 31.4 Å². The number of hydrogen-bond donors (Lipinski definition) is 1. The van der Waals surface area contributed by atoms with E-state index in [2.05, 4.69) is 15.3 Å². The van der Waals surface area contributed by atoms with E-state index in [1.165, 1.54) is 18.6 Å². The first-order valence-corrected chi connectivity index (χ1v) is 10.3. The lowest BCUT2D eigenvalue weighted by Crippen LogP contribution is -2.59. The van der Waals surface area contributed by atoms with E-state index in [1.54, 1.807) is 16.2 Å². The normalized spacial score (nSPS) is 16.7. The largest absolute Gasteiger partial charge is 0.351 e. The zero-order chi connectivity index (χ0) is 19.3. The zero-order valence-corrected chi connectivity index (χ0v) is 16.7. The van der Waals surface area contributed by atoms with Crippen molar-refractivity contribution in [3.63, 3.8) is 0 Å². The molecule has 2 aromatic heterocycles. The number of aromatic nitrogens is 2. The summed E-state index contributed by atoms with van der Waals surface area (Å²) in [6.45, 7) is 4.16. The van der Waals surface area contributed by atoms with Gasteiger partial charge in [-0.2, -0.15) is 0 Å². The summed E-state index contributed by atoms with van der Waals surface area (Å²) in [6.07, 6.45) is 9.31. The second kappa shape index (κ2) is 8.61. The molecule has 1 atom stereocenters. The second-order valence-electron chi connectivity index (χ2n) is 7.14. The summed E-state index contributed by atoms with van der Waals surface area (Å²) in [5, 5.41) is 5.15. The minimum atomic E-state index is -0.957.